The summed E-state index contributed by atoms with van der Waals surface area (Å²) >= 11 is 0. The Bertz CT molecular complexity index is 515. The maximum absolute atomic E-state index is 12.3. The Morgan fingerprint density at radius 1 is 1.19 bits per heavy atom. The average molecular weight is 455 g/mol. The van der Waals surface area contributed by atoms with E-state index in [1.165, 1.54) is 11.8 Å². The number of carbonyl (C=O) groups is 2. The predicted molar refractivity (Wildman–Crippen MR) is 117 cm³/mol. The number of halogens is 3. The topological polar surface area (TPSA) is 92.9 Å². The summed E-state index contributed by atoms with van der Waals surface area (Å²) in [6.45, 7) is 13.2. The van der Waals surface area contributed by atoms with Gasteiger partial charge in [-0.15, -0.1) is 12.8 Å². The van der Waals surface area contributed by atoms with E-state index in [1.807, 2.05) is 20.8 Å². The van der Waals surface area contributed by atoms with Crippen LogP contribution in [0.1, 0.15) is 80.6 Å². The van der Waals surface area contributed by atoms with Crippen LogP contribution in [-0.4, -0.2) is 52.5 Å². The number of piperidine rings is 1. The normalized spacial score (nSPS) is 19.2. The molecule has 2 amide bonds. The van der Waals surface area contributed by atoms with E-state index in [-0.39, 0.29) is 5.92 Å². The standard InChI is InChI=1S/C13H22F3NO2.C5H11NO2.C2H6.C2H2/c1-3-4-10-5-6-11(9(2)18)17(8-10)12(19)7-13(14,15)16;1-5(2,3)8-4(6)7;2*1-2/h9-11,18H,3-8H2,1-2H3;1-3H3,(H2,6,7);1-2H3;1-2H/t9-,10?,11?;;;/m0.../s1. The van der Waals surface area contributed by atoms with Crippen molar-refractivity contribution in [1.29, 1.82) is 0 Å². The van der Waals surface area contributed by atoms with Crippen LogP contribution >= 0.6 is 0 Å². The lowest BCUT2D eigenvalue weighted by molar-refractivity contribution is -0.167. The molecular formula is C22H41F3N2O4. The SMILES string of the molecule is C#C.CC.CC(C)(C)OC(N)=O.CCCC1CCC([C@H](C)O)N(C(=O)CC(F)(F)F)C1. The number of nitrogens with two attached hydrogens (primary N) is 1. The van der Waals surface area contributed by atoms with Gasteiger partial charge in [0.2, 0.25) is 5.91 Å². The van der Waals surface area contributed by atoms with E-state index in [1.54, 1.807) is 20.8 Å². The molecule has 6 nitrogen and oxygen atoms in total. The van der Waals surface area contributed by atoms with Gasteiger partial charge in [0.05, 0.1) is 12.1 Å². The van der Waals surface area contributed by atoms with Crippen molar-refractivity contribution in [3.8, 4) is 12.8 Å². The van der Waals surface area contributed by atoms with Crippen LogP contribution in [0.4, 0.5) is 18.0 Å². The summed E-state index contributed by atoms with van der Waals surface area (Å²) in [7, 11) is 0. The molecule has 1 saturated heterocycles. The van der Waals surface area contributed by atoms with E-state index < -0.39 is 42.3 Å². The van der Waals surface area contributed by atoms with Crippen molar-refractivity contribution < 1.29 is 32.6 Å². The summed E-state index contributed by atoms with van der Waals surface area (Å²) in [6.07, 6.45) is 3.85. The van der Waals surface area contributed by atoms with Crippen LogP contribution in [0.5, 0.6) is 0 Å². The third kappa shape index (κ3) is 18.5. The highest BCUT2D eigenvalue weighted by Crippen LogP contribution is 2.30. The lowest BCUT2D eigenvalue weighted by atomic mass is 9.87. The Kier molecular flexibility index (Phi) is 18.2. The quantitative estimate of drug-likeness (QED) is 0.592. The lowest BCUT2D eigenvalue weighted by Gasteiger charge is -2.41. The zero-order valence-electron chi connectivity index (χ0n) is 20.0. The number of hydrogen-bond acceptors (Lipinski definition) is 4. The maximum atomic E-state index is 12.3. The van der Waals surface area contributed by atoms with Gasteiger partial charge >= 0.3 is 12.3 Å². The number of terminal acetylenes is 1. The number of amides is 2. The van der Waals surface area contributed by atoms with Crippen molar-refractivity contribution in [3.63, 3.8) is 0 Å². The second kappa shape index (κ2) is 16.7. The average Bonchev–Trinajstić information content (AvgIpc) is 2.62. The molecule has 1 rings (SSSR count). The number of aliphatic hydroxyl groups is 1. The molecule has 0 radical (unpaired) electrons. The van der Waals surface area contributed by atoms with Crippen molar-refractivity contribution in [3.05, 3.63) is 0 Å². The molecule has 1 heterocycles. The van der Waals surface area contributed by atoms with Crippen LogP contribution in [0.2, 0.25) is 0 Å². The highest BCUT2D eigenvalue weighted by atomic mass is 19.4. The molecule has 0 aromatic rings. The van der Waals surface area contributed by atoms with Crippen LogP contribution in [0.25, 0.3) is 0 Å². The fraction of sp³-hybridized carbons (Fsp3) is 0.818. The van der Waals surface area contributed by atoms with Crippen molar-refractivity contribution >= 4 is 12.0 Å². The number of alkyl halides is 3. The van der Waals surface area contributed by atoms with Crippen LogP contribution in [0, 0.1) is 18.8 Å². The lowest BCUT2D eigenvalue weighted by Crippen LogP contribution is -2.52. The summed E-state index contributed by atoms with van der Waals surface area (Å²) in [4.78, 5) is 23.0. The summed E-state index contributed by atoms with van der Waals surface area (Å²) in [5, 5.41) is 9.64. The number of ether oxygens (including phenoxy) is 1. The molecule has 0 aromatic carbocycles. The summed E-state index contributed by atoms with van der Waals surface area (Å²) in [5.74, 6) is -0.670. The second-order valence-electron chi connectivity index (χ2n) is 7.91. The molecule has 0 spiro atoms. The number of aliphatic hydroxyl groups excluding tert-OH is 1. The van der Waals surface area contributed by atoms with Crippen molar-refractivity contribution in [2.24, 2.45) is 11.7 Å². The smallest absolute Gasteiger partial charge is 0.405 e. The number of hydrogen-bond donors (Lipinski definition) is 2. The minimum atomic E-state index is -4.49. The maximum Gasteiger partial charge on any atom is 0.405 e. The Morgan fingerprint density at radius 3 is 1.97 bits per heavy atom. The number of nitrogens with zero attached hydrogens (tertiary/aromatic N) is 1. The van der Waals surface area contributed by atoms with Crippen LogP contribution in [-0.2, 0) is 9.53 Å². The molecule has 184 valence electrons. The van der Waals surface area contributed by atoms with Gasteiger partial charge in [0.25, 0.3) is 0 Å². The molecule has 2 unspecified atom stereocenters. The van der Waals surface area contributed by atoms with Crippen LogP contribution in [0.3, 0.4) is 0 Å². The van der Waals surface area contributed by atoms with Gasteiger partial charge in [-0.2, -0.15) is 13.2 Å². The van der Waals surface area contributed by atoms with Gasteiger partial charge in [-0.3, -0.25) is 4.79 Å². The van der Waals surface area contributed by atoms with Gasteiger partial charge < -0.3 is 20.5 Å². The molecule has 1 aliphatic rings. The summed E-state index contributed by atoms with van der Waals surface area (Å²) in [5.41, 5.74) is 4.26. The molecule has 3 atom stereocenters. The summed E-state index contributed by atoms with van der Waals surface area (Å²) in [6, 6.07) is -0.483. The highest BCUT2D eigenvalue weighted by molar-refractivity contribution is 5.77. The van der Waals surface area contributed by atoms with E-state index in [9.17, 15) is 27.9 Å². The molecule has 0 aliphatic carbocycles. The van der Waals surface area contributed by atoms with E-state index in [2.05, 4.69) is 17.6 Å². The predicted octanol–water partition coefficient (Wildman–Crippen LogP) is 4.88. The monoisotopic (exact) mass is 454 g/mol. The molecule has 0 aromatic heterocycles. The van der Waals surface area contributed by atoms with E-state index >= 15 is 0 Å². The van der Waals surface area contributed by atoms with Gasteiger partial charge in [0.1, 0.15) is 12.0 Å². The van der Waals surface area contributed by atoms with Crippen LogP contribution < -0.4 is 5.73 Å². The first-order chi connectivity index (χ1) is 14.2. The van der Waals surface area contributed by atoms with E-state index in [4.69, 9.17) is 5.73 Å². The molecule has 3 N–H and O–H groups in total. The fourth-order valence-electron chi connectivity index (χ4n) is 3.07. The molecule has 9 heteroatoms. The third-order valence-electron chi connectivity index (χ3n) is 4.06. The summed E-state index contributed by atoms with van der Waals surface area (Å²) < 4.78 is 41.5. The van der Waals surface area contributed by atoms with Crippen molar-refractivity contribution in [2.45, 2.75) is 104 Å². The number of rotatable bonds is 4. The first-order valence-corrected chi connectivity index (χ1v) is 10.5. The first kappa shape index (κ1) is 33.7. The molecule has 0 saturated carbocycles. The Morgan fingerprint density at radius 2 is 1.68 bits per heavy atom. The first-order valence-electron chi connectivity index (χ1n) is 10.5. The minimum Gasteiger partial charge on any atom is -0.444 e. The number of likely N-dealkylation sites (tertiary alicyclic amines) is 1. The fourth-order valence-corrected chi connectivity index (χ4v) is 3.07. The Balaban J connectivity index is -0.000000548. The van der Waals surface area contributed by atoms with Crippen molar-refractivity contribution in [2.75, 3.05) is 6.54 Å². The highest BCUT2D eigenvalue weighted by Gasteiger charge is 2.39. The van der Waals surface area contributed by atoms with Gasteiger partial charge in [-0.25, -0.2) is 4.79 Å². The van der Waals surface area contributed by atoms with E-state index in [0.29, 0.717) is 13.0 Å². The van der Waals surface area contributed by atoms with Crippen molar-refractivity contribution in [1.82, 2.24) is 4.90 Å². The molecule has 1 fully saturated rings. The number of primary amides is 1. The largest absolute Gasteiger partial charge is 0.444 e. The Hall–Kier alpha value is -1.95. The van der Waals surface area contributed by atoms with Gasteiger partial charge in [-0.1, -0.05) is 27.2 Å². The van der Waals surface area contributed by atoms with E-state index in [0.717, 1.165) is 19.3 Å². The molecule has 0 bridgehead atoms. The zero-order chi connectivity index (χ0) is 25.4. The second-order valence-corrected chi connectivity index (χ2v) is 7.91. The Labute approximate surface area is 185 Å². The zero-order valence-corrected chi connectivity index (χ0v) is 20.0. The number of carbonyl (C=O) groups excluding carboxylic acids is 2. The minimum absolute atomic E-state index is 0.247. The molecular weight excluding hydrogens is 413 g/mol. The third-order valence-corrected chi connectivity index (χ3v) is 4.06. The molecule has 1 aliphatic heterocycles. The molecule has 31 heavy (non-hydrogen) atoms. The van der Waals surface area contributed by atoms with Gasteiger partial charge in [0, 0.05) is 6.54 Å². The van der Waals surface area contributed by atoms with Crippen LogP contribution in [0.15, 0.2) is 0 Å². The van der Waals surface area contributed by atoms with Gasteiger partial charge in [-0.05, 0) is 52.9 Å². The van der Waals surface area contributed by atoms with Gasteiger partial charge in [0.15, 0.2) is 0 Å².